The van der Waals surface area contributed by atoms with E-state index in [9.17, 15) is 0 Å². The number of nitrogens with one attached hydrogen (secondary N) is 1. The summed E-state index contributed by atoms with van der Waals surface area (Å²) in [6.45, 7) is 3.08. The zero-order chi connectivity index (χ0) is 13.2. The van der Waals surface area contributed by atoms with Gasteiger partial charge in [-0.3, -0.25) is 0 Å². The van der Waals surface area contributed by atoms with E-state index in [1.165, 1.54) is 18.4 Å². The van der Waals surface area contributed by atoms with Crippen LogP contribution in [0, 0.1) is 6.92 Å². The highest BCUT2D eigenvalue weighted by Gasteiger charge is 2.21. The van der Waals surface area contributed by atoms with Crippen LogP contribution >= 0.6 is 15.9 Å². The minimum absolute atomic E-state index is 0.212. The normalized spacial score (nSPS) is 19.6. The van der Waals surface area contributed by atoms with E-state index >= 15 is 0 Å². The molecule has 1 saturated heterocycles. The molecule has 0 unspecified atom stereocenters. The molecular formula is C14H16BrN3O. The van der Waals surface area contributed by atoms with E-state index in [-0.39, 0.29) is 6.04 Å². The van der Waals surface area contributed by atoms with Crippen molar-refractivity contribution < 1.29 is 4.52 Å². The summed E-state index contributed by atoms with van der Waals surface area (Å²) >= 11 is 3.53. The molecule has 1 aromatic carbocycles. The van der Waals surface area contributed by atoms with Crippen LogP contribution in [0.15, 0.2) is 27.2 Å². The quantitative estimate of drug-likeness (QED) is 0.917. The van der Waals surface area contributed by atoms with Gasteiger partial charge in [-0.2, -0.15) is 4.98 Å². The molecule has 5 heteroatoms. The number of aryl methyl sites for hydroxylation is 1. The van der Waals surface area contributed by atoms with Crippen LogP contribution in [0.3, 0.4) is 0 Å². The molecule has 19 heavy (non-hydrogen) atoms. The van der Waals surface area contributed by atoms with Crippen molar-refractivity contribution in [1.82, 2.24) is 15.5 Å². The predicted octanol–water partition coefficient (Wildman–Crippen LogP) is 3.62. The lowest BCUT2D eigenvalue weighted by Crippen LogP contribution is -2.26. The molecule has 0 spiro atoms. The van der Waals surface area contributed by atoms with Crippen LogP contribution in [0.4, 0.5) is 0 Å². The van der Waals surface area contributed by atoms with Gasteiger partial charge in [0.05, 0.1) is 6.04 Å². The summed E-state index contributed by atoms with van der Waals surface area (Å²) in [6, 6.07) is 6.30. The van der Waals surface area contributed by atoms with Crippen molar-refractivity contribution in [2.75, 3.05) is 6.54 Å². The monoisotopic (exact) mass is 321 g/mol. The molecule has 4 nitrogen and oxygen atoms in total. The Morgan fingerprint density at radius 2 is 2.26 bits per heavy atom. The Kier molecular flexibility index (Phi) is 3.66. The van der Waals surface area contributed by atoms with Gasteiger partial charge in [0, 0.05) is 10.0 Å². The first-order chi connectivity index (χ1) is 9.24. The number of nitrogens with zero attached hydrogens (tertiary/aromatic N) is 2. The smallest absolute Gasteiger partial charge is 0.244 e. The number of halogens is 1. The Morgan fingerprint density at radius 3 is 3.00 bits per heavy atom. The third kappa shape index (κ3) is 2.72. The summed E-state index contributed by atoms with van der Waals surface area (Å²) in [7, 11) is 0. The number of aromatic nitrogens is 2. The fourth-order valence-electron chi connectivity index (χ4n) is 2.29. The minimum Gasteiger partial charge on any atom is -0.337 e. The fourth-order valence-corrected chi connectivity index (χ4v) is 2.67. The third-order valence-corrected chi connectivity index (χ3v) is 4.33. The summed E-state index contributed by atoms with van der Waals surface area (Å²) in [5.41, 5.74) is 2.17. The average molecular weight is 322 g/mol. The van der Waals surface area contributed by atoms with Crippen molar-refractivity contribution in [2.24, 2.45) is 0 Å². The van der Waals surface area contributed by atoms with E-state index in [0.717, 1.165) is 23.0 Å². The van der Waals surface area contributed by atoms with Crippen LogP contribution in [-0.4, -0.2) is 16.7 Å². The second kappa shape index (κ2) is 5.43. The van der Waals surface area contributed by atoms with Crippen molar-refractivity contribution in [2.45, 2.75) is 32.2 Å². The Balaban J connectivity index is 1.85. The lowest BCUT2D eigenvalue weighted by Gasteiger charge is -2.19. The first kappa shape index (κ1) is 12.8. The lowest BCUT2D eigenvalue weighted by atomic mass is 10.1. The van der Waals surface area contributed by atoms with Crippen LogP contribution in [0.25, 0.3) is 11.4 Å². The van der Waals surface area contributed by atoms with Gasteiger partial charge in [0.2, 0.25) is 11.7 Å². The van der Waals surface area contributed by atoms with E-state index in [1.54, 1.807) is 0 Å². The van der Waals surface area contributed by atoms with Crippen LogP contribution in [0.1, 0.15) is 36.8 Å². The van der Waals surface area contributed by atoms with Crippen LogP contribution in [0.2, 0.25) is 0 Å². The van der Waals surface area contributed by atoms with E-state index in [0.29, 0.717) is 11.7 Å². The van der Waals surface area contributed by atoms with E-state index < -0.39 is 0 Å². The van der Waals surface area contributed by atoms with Crippen molar-refractivity contribution >= 4 is 15.9 Å². The first-order valence-corrected chi connectivity index (χ1v) is 7.37. The summed E-state index contributed by atoms with van der Waals surface area (Å²) < 4.78 is 6.45. The maximum absolute atomic E-state index is 5.39. The molecule has 0 aliphatic carbocycles. The summed E-state index contributed by atoms with van der Waals surface area (Å²) in [4.78, 5) is 4.51. The minimum atomic E-state index is 0.212. The van der Waals surface area contributed by atoms with Crippen molar-refractivity contribution in [3.8, 4) is 11.4 Å². The van der Waals surface area contributed by atoms with Crippen LogP contribution in [-0.2, 0) is 0 Å². The highest BCUT2D eigenvalue weighted by molar-refractivity contribution is 9.10. The molecular weight excluding hydrogens is 306 g/mol. The molecule has 1 atom stereocenters. The average Bonchev–Trinajstić information content (AvgIpc) is 2.93. The molecule has 100 valence electrons. The predicted molar refractivity (Wildman–Crippen MR) is 76.8 cm³/mol. The zero-order valence-electron chi connectivity index (χ0n) is 10.8. The van der Waals surface area contributed by atoms with Gasteiger partial charge >= 0.3 is 0 Å². The Bertz CT molecular complexity index is 576. The summed E-state index contributed by atoms with van der Waals surface area (Å²) in [5, 5.41) is 7.50. The molecule has 1 N–H and O–H groups in total. The van der Waals surface area contributed by atoms with Gasteiger partial charge in [-0.15, -0.1) is 0 Å². The largest absolute Gasteiger partial charge is 0.337 e. The highest BCUT2D eigenvalue weighted by Crippen LogP contribution is 2.26. The zero-order valence-corrected chi connectivity index (χ0v) is 12.4. The third-order valence-electron chi connectivity index (χ3n) is 3.48. The van der Waals surface area contributed by atoms with Crippen molar-refractivity contribution in [3.63, 3.8) is 0 Å². The molecule has 1 aliphatic heterocycles. The van der Waals surface area contributed by atoms with Crippen LogP contribution in [0.5, 0.6) is 0 Å². The van der Waals surface area contributed by atoms with Crippen molar-refractivity contribution in [3.05, 3.63) is 34.1 Å². The Labute approximate surface area is 120 Å². The molecule has 0 amide bonds. The summed E-state index contributed by atoms with van der Waals surface area (Å²) in [5.74, 6) is 1.36. The van der Waals surface area contributed by atoms with Gasteiger partial charge in [-0.05, 0) is 37.9 Å². The SMILES string of the molecule is Cc1ccc(-c2noc([C@H]3CCCCN3)n2)cc1Br. The van der Waals surface area contributed by atoms with Gasteiger partial charge in [0.15, 0.2) is 0 Å². The second-order valence-corrected chi connectivity index (χ2v) is 5.78. The molecule has 0 radical (unpaired) electrons. The molecule has 3 rings (SSSR count). The fraction of sp³-hybridized carbons (Fsp3) is 0.429. The topological polar surface area (TPSA) is 51.0 Å². The van der Waals surface area contributed by atoms with Gasteiger partial charge in [-0.1, -0.05) is 39.6 Å². The number of hydrogen-bond donors (Lipinski definition) is 1. The van der Waals surface area contributed by atoms with E-state index in [2.05, 4.69) is 38.3 Å². The van der Waals surface area contributed by atoms with Gasteiger partial charge < -0.3 is 9.84 Å². The highest BCUT2D eigenvalue weighted by atomic mass is 79.9. The van der Waals surface area contributed by atoms with Gasteiger partial charge in [0.25, 0.3) is 0 Å². The number of piperidine rings is 1. The van der Waals surface area contributed by atoms with E-state index in [1.807, 2.05) is 18.2 Å². The van der Waals surface area contributed by atoms with Gasteiger partial charge in [-0.25, -0.2) is 0 Å². The van der Waals surface area contributed by atoms with E-state index in [4.69, 9.17) is 4.52 Å². The molecule has 2 heterocycles. The second-order valence-electron chi connectivity index (χ2n) is 4.92. The van der Waals surface area contributed by atoms with Gasteiger partial charge in [0.1, 0.15) is 0 Å². The maximum Gasteiger partial charge on any atom is 0.244 e. The molecule has 0 saturated carbocycles. The maximum atomic E-state index is 5.39. The lowest BCUT2D eigenvalue weighted by molar-refractivity contribution is 0.297. The summed E-state index contributed by atoms with van der Waals surface area (Å²) in [6.07, 6.45) is 3.51. The standard InChI is InChI=1S/C14H16BrN3O/c1-9-5-6-10(8-11(9)15)13-17-14(19-18-13)12-4-2-3-7-16-12/h5-6,8,12,16H,2-4,7H2,1H3/t12-/m1/s1. The molecule has 1 aromatic heterocycles. The number of hydrogen-bond acceptors (Lipinski definition) is 4. The number of rotatable bonds is 2. The first-order valence-electron chi connectivity index (χ1n) is 6.57. The molecule has 2 aromatic rings. The van der Waals surface area contributed by atoms with Crippen LogP contribution < -0.4 is 5.32 Å². The Morgan fingerprint density at radius 1 is 1.37 bits per heavy atom. The van der Waals surface area contributed by atoms with Crippen molar-refractivity contribution in [1.29, 1.82) is 0 Å². The molecule has 1 aliphatic rings. The number of benzene rings is 1. The molecule has 1 fully saturated rings. The molecule has 0 bridgehead atoms. The Hall–Kier alpha value is -1.20.